The van der Waals surface area contributed by atoms with Gasteiger partial charge in [-0.15, -0.1) is 0 Å². The minimum absolute atomic E-state index is 0.257. The number of rotatable bonds is 8. The average Bonchev–Trinajstić information content (AvgIpc) is 3.21. The first kappa shape index (κ1) is 22.7. The highest BCUT2D eigenvalue weighted by Gasteiger charge is 2.49. The Hall–Kier alpha value is -3.45. The molecule has 33 heavy (non-hydrogen) atoms. The Morgan fingerprint density at radius 3 is 2.52 bits per heavy atom. The van der Waals surface area contributed by atoms with Crippen LogP contribution in [-0.4, -0.2) is 47.4 Å². The largest absolute Gasteiger partial charge is 0.385 e. The molecule has 1 fully saturated rings. The molecule has 0 aliphatic carbocycles. The van der Waals surface area contributed by atoms with Gasteiger partial charge in [-0.3, -0.25) is 14.5 Å². The first-order chi connectivity index (χ1) is 15.8. The number of imide groups is 1. The van der Waals surface area contributed by atoms with Gasteiger partial charge in [-0.2, -0.15) is 0 Å². The van der Waals surface area contributed by atoms with Gasteiger partial charge in [0.1, 0.15) is 5.54 Å². The molecule has 2 heterocycles. The molecule has 172 valence electrons. The molecule has 1 aromatic heterocycles. The minimum atomic E-state index is -1.22. The van der Waals surface area contributed by atoms with Gasteiger partial charge in [0.15, 0.2) is 5.78 Å². The number of hydrogen-bond donors (Lipinski definition) is 1. The van der Waals surface area contributed by atoms with E-state index in [9.17, 15) is 14.4 Å². The third-order valence-corrected chi connectivity index (χ3v) is 6.51. The first-order valence-corrected chi connectivity index (χ1v) is 11.1. The molecule has 1 aliphatic heterocycles. The number of nitrogens with zero attached hydrogens (tertiary/aromatic N) is 2. The maximum atomic E-state index is 13.3. The number of amides is 3. The van der Waals surface area contributed by atoms with E-state index in [0.717, 1.165) is 40.0 Å². The zero-order valence-corrected chi connectivity index (χ0v) is 19.5. The standard InChI is InChI=1S/C26H29N3O4/c1-17-14-22(18(2)28(17)12-7-13-33-4)23(30)16-29-24(31)26(3,27-25(29)32)21-11-10-19-8-5-6-9-20(19)15-21/h5-6,8-11,14-15H,7,12-13,16H2,1-4H3,(H,27,32). The van der Waals surface area contributed by atoms with E-state index >= 15 is 0 Å². The van der Waals surface area contributed by atoms with Crippen molar-refractivity contribution in [1.29, 1.82) is 0 Å². The van der Waals surface area contributed by atoms with E-state index in [1.54, 1.807) is 14.0 Å². The summed E-state index contributed by atoms with van der Waals surface area (Å²) in [6.07, 6.45) is 0.831. The van der Waals surface area contributed by atoms with E-state index in [0.29, 0.717) is 17.7 Å². The van der Waals surface area contributed by atoms with Gasteiger partial charge in [0, 0.05) is 37.2 Å². The zero-order valence-electron chi connectivity index (χ0n) is 19.5. The number of ketones is 1. The lowest BCUT2D eigenvalue weighted by molar-refractivity contribution is -0.130. The van der Waals surface area contributed by atoms with Gasteiger partial charge in [0.05, 0.1) is 6.54 Å². The van der Waals surface area contributed by atoms with Crippen molar-refractivity contribution in [1.82, 2.24) is 14.8 Å². The molecule has 7 heteroatoms. The Kier molecular flexibility index (Phi) is 6.08. The maximum absolute atomic E-state index is 13.3. The summed E-state index contributed by atoms with van der Waals surface area (Å²) in [7, 11) is 1.66. The highest BCUT2D eigenvalue weighted by atomic mass is 16.5. The topological polar surface area (TPSA) is 80.6 Å². The monoisotopic (exact) mass is 447 g/mol. The molecule has 1 N–H and O–H groups in total. The van der Waals surface area contributed by atoms with Gasteiger partial charge in [-0.1, -0.05) is 36.4 Å². The van der Waals surface area contributed by atoms with E-state index in [4.69, 9.17) is 4.74 Å². The molecule has 1 aliphatic rings. The van der Waals surface area contributed by atoms with Crippen LogP contribution in [0.5, 0.6) is 0 Å². The number of methoxy groups -OCH3 is 1. The molecule has 3 amide bonds. The van der Waals surface area contributed by atoms with E-state index in [1.807, 2.05) is 62.4 Å². The van der Waals surface area contributed by atoms with Crippen LogP contribution in [0.15, 0.2) is 48.5 Å². The number of carbonyl (C=O) groups excluding carboxylic acids is 3. The summed E-state index contributed by atoms with van der Waals surface area (Å²) in [5.74, 6) is -0.683. The Labute approximate surface area is 193 Å². The normalized spacial score (nSPS) is 18.2. The molecule has 3 aromatic rings. The third kappa shape index (κ3) is 4.04. The van der Waals surface area contributed by atoms with Crippen LogP contribution in [-0.2, 0) is 21.6 Å². The molecule has 0 saturated carbocycles. The maximum Gasteiger partial charge on any atom is 0.325 e. The first-order valence-electron chi connectivity index (χ1n) is 11.1. The fraction of sp³-hybridized carbons (Fsp3) is 0.346. The quantitative estimate of drug-likeness (QED) is 0.322. The molecular formula is C26H29N3O4. The van der Waals surface area contributed by atoms with Gasteiger partial charge >= 0.3 is 6.03 Å². The van der Waals surface area contributed by atoms with Crippen molar-refractivity contribution in [2.24, 2.45) is 0 Å². The molecule has 4 rings (SSSR count). The number of urea groups is 1. The van der Waals surface area contributed by atoms with E-state index in [-0.39, 0.29) is 12.3 Å². The van der Waals surface area contributed by atoms with Crippen molar-refractivity contribution in [2.45, 2.75) is 39.3 Å². The molecule has 7 nitrogen and oxygen atoms in total. The van der Waals surface area contributed by atoms with Crippen molar-refractivity contribution in [2.75, 3.05) is 20.3 Å². The second-order valence-corrected chi connectivity index (χ2v) is 8.71. The summed E-state index contributed by atoms with van der Waals surface area (Å²) < 4.78 is 7.19. The highest BCUT2D eigenvalue weighted by Crippen LogP contribution is 2.31. The predicted molar refractivity (Wildman–Crippen MR) is 126 cm³/mol. The molecule has 0 bridgehead atoms. The second-order valence-electron chi connectivity index (χ2n) is 8.71. The Morgan fingerprint density at radius 2 is 1.79 bits per heavy atom. The molecule has 1 saturated heterocycles. The summed E-state index contributed by atoms with van der Waals surface area (Å²) in [5.41, 5.74) is 1.79. The molecular weight excluding hydrogens is 418 g/mol. The molecule has 2 aromatic carbocycles. The van der Waals surface area contributed by atoms with Gasteiger partial charge in [0.25, 0.3) is 5.91 Å². The van der Waals surface area contributed by atoms with Crippen LogP contribution in [0.4, 0.5) is 4.79 Å². The average molecular weight is 448 g/mol. The Bertz CT molecular complexity index is 1250. The lowest BCUT2D eigenvalue weighted by atomic mass is 9.90. The Morgan fingerprint density at radius 1 is 1.06 bits per heavy atom. The molecule has 0 spiro atoms. The summed E-state index contributed by atoms with van der Waals surface area (Å²) >= 11 is 0. The lowest BCUT2D eigenvalue weighted by Gasteiger charge is -2.22. The SMILES string of the molecule is COCCCn1c(C)cc(C(=O)CN2C(=O)NC(C)(c3ccc4ccccc4c3)C2=O)c1C. The summed E-state index contributed by atoms with van der Waals surface area (Å²) in [4.78, 5) is 40.2. The van der Waals surface area contributed by atoms with Gasteiger partial charge in [-0.05, 0) is 55.7 Å². The van der Waals surface area contributed by atoms with Crippen molar-refractivity contribution in [3.8, 4) is 0 Å². The Balaban J connectivity index is 1.55. The fourth-order valence-electron chi connectivity index (χ4n) is 4.56. The van der Waals surface area contributed by atoms with Gasteiger partial charge in [-0.25, -0.2) is 4.79 Å². The number of hydrogen-bond acceptors (Lipinski definition) is 4. The van der Waals surface area contributed by atoms with Crippen molar-refractivity contribution < 1.29 is 19.1 Å². The van der Waals surface area contributed by atoms with Gasteiger partial charge in [0.2, 0.25) is 0 Å². The van der Waals surface area contributed by atoms with Crippen LogP contribution in [0, 0.1) is 13.8 Å². The third-order valence-electron chi connectivity index (χ3n) is 6.51. The molecule has 1 unspecified atom stereocenters. The second kappa shape index (κ2) is 8.83. The summed E-state index contributed by atoms with van der Waals surface area (Å²) in [5, 5.41) is 4.83. The summed E-state index contributed by atoms with van der Waals surface area (Å²) in [6.45, 7) is 6.59. The summed E-state index contributed by atoms with van der Waals surface area (Å²) in [6, 6.07) is 14.8. The van der Waals surface area contributed by atoms with E-state index in [1.165, 1.54) is 0 Å². The van der Waals surface area contributed by atoms with Crippen molar-refractivity contribution in [3.63, 3.8) is 0 Å². The molecule has 0 radical (unpaired) electrons. The van der Waals surface area contributed by atoms with Crippen LogP contribution in [0.3, 0.4) is 0 Å². The molecule has 1 atom stereocenters. The van der Waals surface area contributed by atoms with Crippen LogP contribution in [0.2, 0.25) is 0 Å². The predicted octanol–water partition coefficient (Wildman–Crippen LogP) is 3.94. The number of nitrogens with one attached hydrogen (secondary N) is 1. The van der Waals surface area contributed by atoms with Crippen LogP contribution in [0.25, 0.3) is 10.8 Å². The van der Waals surface area contributed by atoms with E-state index in [2.05, 4.69) is 9.88 Å². The van der Waals surface area contributed by atoms with Crippen LogP contribution in [0.1, 0.15) is 40.7 Å². The fourth-order valence-corrected chi connectivity index (χ4v) is 4.56. The lowest BCUT2D eigenvalue weighted by Crippen LogP contribution is -2.41. The number of ether oxygens (including phenoxy) is 1. The number of aromatic nitrogens is 1. The van der Waals surface area contributed by atoms with Gasteiger partial charge < -0.3 is 14.6 Å². The van der Waals surface area contributed by atoms with E-state index < -0.39 is 17.5 Å². The van der Waals surface area contributed by atoms with Crippen molar-refractivity contribution in [3.05, 3.63) is 71.0 Å². The number of aryl methyl sites for hydroxylation is 1. The highest BCUT2D eigenvalue weighted by molar-refractivity contribution is 6.11. The minimum Gasteiger partial charge on any atom is -0.385 e. The van der Waals surface area contributed by atoms with Crippen LogP contribution >= 0.6 is 0 Å². The number of Topliss-reactive ketones (excluding diaryl/α,β-unsaturated/α-hetero) is 1. The number of fused-ring (bicyclic) bond motifs is 1. The number of benzene rings is 2. The van der Waals surface area contributed by atoms with Crippen molar-refractivity contribution >= 4 is 28.5 Å². The van der Waals surface area contributed by atoms with Crippen LogP contribution < -0.4 is 5.32 Å². The smallest absolute Gasteiger partial charge is 0.325 e. The number of carbonyl (C=O) groups is 3. The zero-order chi connectivity index (χ0) is 23.8.